The average molecular weight is 326 g/mol. The molecule has 0 heterocycles. The summed E-state index contributed by atoms with van der Waals surface area (Å²) in [6.07, 6.45) is 2.56. The molecule has 0 aliphatic heterocycles. The average Bonchev–Trinajstić information content (AvgIpc) is 2.53. The van der Waals surface area contributed by atoms with Crippen molar-refractivity contribution in [1.29, 1.82) is 0 Å². The minimum absolute atomic E-state index is 0.121. The van der Waals surface area contributed by atoms with E-state index < -0.39 is 17.8 Å². The summed E-state index contributed by atoms with van der Waals surface area (Å²) in [7, 11) is 0. The van der Waals surface area contributed by atoms with Gasteiger partial charge >= 0.3 is 0 Å². The van der Waals surface area contributed by atoms with Gasteiger partial charge in [0.1, 0.15) is 23.1 Å². The molecule has 0 N–H and O–H groups in total. The van der Waals surface area contributed by atoms with Crippen LogP contribution >= 0.6 is 0 Å². The maximum atomic E-state index is 12.5. The Morgan fingerprint density at radius 1 is 0.792 bits per heavy atom. The van der Waals surface area contributed by atoms with E-state index in [-0.39, 0.29) is 23.1 Å². The predicted octanol–water partition coefficient (Wildman–Crippen LogP) is 2.96. The first-order valence-corrected chi connectivity index (χ1v) is 8.66. The molecular weight excluding hydrogens is 304 g/mol. The molecule has 2 aliphatic carbocycles. The van der Waals surface area contributed by atoms with Crippen molar-refractivity contribution in [3.63, 3.8) is 0 Å². The van der Waals surface area contributed by atoms with Crippen molar-refractivity contribution in [2.45, 2.75) is 51.4 Å². The molecule has 0 atom stereocenters. The summed E-state index contributed by atoms with van der Waals surface area (Å²) in [5, 5.41) is 0. The Labute approximate surface area is 141 Å². The smallest absolute Gasteiger partial charge is 0.144 e. The van der Waals surface area contributed by atoms with Crippen LogP contribution < -0.4 is 0 Å². The highest BCUT2D eigenvalue weighted by molar-refractivity contribution is 6.10. The number of carbonyl (C=O) groups is 4. The lowest BCUT2D eigenvalue weighted by atomic mass is 9.65. The Balaban J connectivity index is 2.09. The molecule has 0 amide bonds. The van der Waals surface area contributed by atoms with Gasteiger partial charge < -0.3 is 0 Å². The van der Waals surface area contributed by atoms with E-state index in [2.05, 4.69) is 0 Å². The number of Topliss-reactive ketones (excluding diaryl/α,β-unsaturated/α-hetero) is 4. The van der Waals surface area contributed by atoms with Gasteiger partial charge in [-0.3, -0.25) is 19.2 Å². The van der Waals surface area contributed by atoms with Gasteiger partial charge in [-0.15, -0.1) is 0 Å². The molecule has 0 unspecified atom stereocenters. The van der Waals surface area contributed by atoms with E-state index in [0.717, 1.165) is 11.1 Å². The molecule has 24 heavy (non-hydrogen) atoms. The number of carbonyl (C=O) groups excluding carboxylic acids is 4. The molecule has 126 valence electrons. The van der Waals surface area contributed by atoms with Gasteiger partial charge in [-0.1, -0.05) is 29.8 Å². The van der Waals surface area contributed by atoms with Crippen LogP contribution in [0.15, 0.2) is 24.3 Å². The minimum atomic E-state index is -0.850. The SMILES string of the molecule is Cc1cccc(C(C2C(=O)CCCC2=O)C2C(=O)CCCC2=O)c1. The zero-order chi connectivity index (χ0) is 17.3. The Morgan fingerprint density at radius 2 is 1.25 bits per heavy atom. The standard InChI is InChI=1S/C20H22O4/c1-12-5-2-6-13(11-12)18(19-14(21)7-3-8-15(19)22)20-16(23)9-4-10-17(20)24/h2,5-6,11,18-20H,3-4,7-10H2,1H3. The van der Waals surface area contributed by atoms with E-state index in [0.29, 0.717) is 38.5 Å². The minimum Gasteiger partial charge on any atom is -0.299 e. The molecule has 2 saturated carbocycles. The Bertz CT molecular complexity index is 633. The molecule has 1 aromatic carbocycles. The third kappa shape index (κ3) is 3.10. The van der Waals surface area contributed by atoms with Gasteiger partial charge in [0.15, 0.2) is 0 Å². The maximum absolute atomic E-state index is 12.5. The first-order valence-electron chi connectivity index (χ1n) is 8.66. The zero-order valence-corrected chi connectivity index (χ0v) is 13.9. The van der Waals surface area contributed by atoms with Crippen molar-refractivity contribution in [2.75, 3.05) is 0 Å². The predicted molar refractivity (Wildman–Crippen MR) is 88.6 cm³/mol. The van der Waals surface area contributed by atoms with E-state index in [9.17, 15) is 19.2 Å². The molecule has 0 spiro atoms. The molecule has 4 heteroatoms. The normalized spacial score (nSPS) is 20.9. The van der Waals surface area contributed by atoms with Crippen molar-refractivity contribution >= 4 is 23.1 Å². The van der Waals surface area contributed by atoms with Crippen LogP contribution in [0.3, 0.4) is 0 Å². The van der Waals surface area contributed by atoms with Crippen LogP contribution in [0.5, 0.6) is 0 Å². The fraction of sp³-hybridized carbons (Fsp3) is 0.500. The third-order valence-corrected chi connectivity index (χ3v) is 5.23. The lowest BCUT2D eigenvalue weighted by Gasteiger charge is -2.34. The van der Waals surface area contributed by atoms with Crippen molar-refractivity contribution in [3.05, 3.63) is 35.4 Å². The highest BCUT2D eigenvalue weighted by atomic mass is 16.2. The monoisotopic (exact) mass is 326 g/mol. The Morgan fingerprint density at radius 3 is 1.67 bits per heavy atom. The van der Waals surface area contributed by atoms with E-state index in [4.69, 9.17) is 0 Å². The lowest BCUT2D eigenvalue weighted by Crippen LogP contribution is -2.43. The van der Waals surface area contributed by atoms with Gasteiger partial charge in [0.25, 0.3) is 0 Å². The van der Waals surface area contributed by atoms with Crippen LogP contribution in [-0.4, -0.2) is 23.1 Å². The highest BCUT2D eigenvalue weighted by Gasteiger charge is 2.47. The second-order valence-corrected chi connectivity index (χ2v) is 6.97. The van der Waals surface area contributed by atoms with Crippen LogP contribution in [0.1, 0.15) is 55.6 Å². The van der Waals surface area contributed by atoms with Crippen molar-refractivity contribution in [3.8, 4) is 0 Å². The van der Waals surface area contributed by atoms with Gasteiger partial charge in [0.05, 0.1) is 11.8 Å². The van der Waals surface area contributed by atoms with E-state index in [1.54, 1.807) is 0 Å². The summed E-state index contributed by atoms with van der Waals surface area (Å²) in [5.41, 5.74) is 1.75. The van der Waals surface area contributed by atoms with Gasteiger partial charge in [-0.05, 0) is 25.3 Å². The fourth-order valence-corrected chi connectivity index (χ4v) is 4.11. The van der Waals surface area contributed by atoms with Crippen molar-refractivity contribution in [2.24, 2.45) is 11.8 Å². The van der Waals surface area contributed by atoms with Gasteiger partial charge in [0.2, 0.25) is 0 Å². The third-order valence-electron chi connectivity index (χ3n) is 5.23. The molecule has 2 fully saturated rings. The lowest BCUT2D eigenvalue weighted by molar-refractivity contribution is -0.141. The topological polar surface area (TPSA) is 68.3 Å². The van der Waals surface area contributed by atoms with Crippen LogP contribution in [-0.2, 0) is 19.2 Å². The van der Waals surface area contributed by atoms with Gasteiger partial charge in [-0.25, -0.2) is 0 Å². The van der Waals surface area contributed by atoms with E-state index >= 15 is 0 Å². The van der Waals surface area contributed by atoms with Gasteiger partial charge in [-0.2, -0.15) is 0 Å². The number of rotatable bonds is 3. The van der Waals surface area contributed by atoms with E-state index in [1.807, 2.05) is 31.2 Å². The van der Waals surface area contributed by atoms with Crippen LogP contribution in [0.4, 0.5) is 0 Å². The molecule has 1 aromatic rings. The Kier molecular flexibility index (Phi) is 4.74. The largest absolute Gasteiger partial charge is 0.299 e. The number of ketones is 4. The van der Waals surface area contributed by atoms with E-state index in [1.165, 1.54) is 0 Å². The van der Waals surface area contributed by atoms with Crippen LogP contribution in [0.25, 0.3) is 0 Å². The molecule has 0 radical (unpaired) electrons. The fourth-order valence-electron chi connectivity index (χ4n) is 4.11. The first kappa shape index (κ1) is 16.7. The molecule has 2 aliphatic rings. The molecule has 0 bridgehead atoms. The summed E-state index contributed by atoms with van der Waals surface area (Å²) in [6.45, 7) is 1.93. The van der Waals surface area contributed by atoms with Gasteiger partial charge in [0, 0.05) is 31.6 Å². The van der Waals surface area contributed by atoms with Crippen molar-refractivity contribution in [1.82, 2.24) is 0 Å². The number of hydrogen-bond donors (Lipinski definition) is 0. The number of hydrogen-bond acceptors (Lipinski definition) is 4. The second kappa shape index (κ2) is 6.80. The molecule has 0 aromatic heterocycles. The van der Waals surface area contributed by atoms with Crippen LogP contribution in [0, 0.1) is 18.8 Å². The number of benzene rings is 1. The maximum Gasteiger partial charge on any atom is 0.144 e. The summed E-state index contributed by atoms with van der Waals surface area (Å²) in [6, 6.07) is 7.51. The zero-order valence-electron chi connectivity index (χ0n) is 13.9. The van der Waals surface area contributed by atoms with Crippen molar-refractivity contribution < 1.29 is 19.2 Å². The Hall–Kier alpha value is -2.10. The summed E-state index contributed by atoms with van der Waals surface area (Å²) in [4.78, 5) is 50.1. The quantitative estimate of drug-likeness (QED) is 0.801. The molecular formula is C20H22O4. The molecule has 4 nitrogen and oxygen atoms in total. The highest BCUT2D eigenvalue weighted by Crippen LogP contribution is 2.41. The number of aryl methyl sites for hydroxylation is 1. The second-order valence-electron chi connectivity index (χ2n) is 6.97. The molecule has 0 saturated heterocycles. The summed E-state index contributed by atoms with van der Waals surface area (Å²) < 4.78 is 0. The van der Waals surface area contributed by atoms with Crippen LogP contribution in [0.2, 0.25) is 0 Å². The summed E-state index contributed by atoms with van der Waals surface area (Å²) in [5.74, 6) is -2.82. The summed E-state index contributed by atoms with van der Waals surface area (Å²) >= 11 is 0. The molecule has 3 rings (SSSR count). The first-order chi connectivity index (χ1) is 11.5.